The summed E-state index contributed by atoms with van der Waals surface area (Å²) in [6.07, 6.45) is 15.0. The highest BCUT2D eigenvalue weighted by Gasteiger charge is 2.23. The number of hydrogen-bond donors (Lipinski definition) is 1. The van der Waals surface area contributed by atoms with Crippen molar-refractivity contribution in [2.24, 2.45) is 4.40 Å². The van der Waals surface area contributed by atoms with E-state index in [2.05, 4.69) is 107 Å². The summed E-state index contributed by atoms with van der Waals surface area (Å²) in [7, 11) is 0. The molecule has 0 aromatic carbocycles. The van der Waals surface area contributed by atoms with E-state index in [1.165, 1.54) is 46.4 Å². The number of nitriles is 1. The van der Waals surface area contributed by atoms with Gasteiger partial charge >= 0.3 is 0 Å². The fraction of sp³-hybridized carbons (Fsp3) is 0.250. The van der Waals surface area contributed by atoms with Crippen LogP contribution < -0.4 is 0 Å². The fourth-order valence-corrected chi connectivity index (χ4v) is 10.6. The van der Waals surface area contributed by atoms with Crippen molar-refractivity contribution < 1.29 is 0 Å². The van der Waals surface area contributed by atoms with E-state index < -0.39 is 0 Å². The topological polar surface area (TPSA) is 46.0 Å². The summed E-state index contributed by atoms with van der Waals surface area (Å²) < 4.78 is 11.8. The minimum absolute atomic E-state index is 0.701. The summed E-state index contributed by atoms with van der Waals surface area (Å²) in [5, 5.41) is 11.9. The second-order valence-corrected chi connectivity index (χ2v) is 16.4. The molecule has 246 valence electrons. The van der Waals surface area contributed by atoms with Gasteiger partial charge in [-0.15, -0.1) is 51.7 Å². The maximum absolute atomic E-state index is 9.88. The van der Waals surface area contributed by atoms with Gasteiger partial charge in [0.1, 0.15) is 6.07 Å². The van der Waals surface area contributed by atoms with Crippen molar-refractivity contribution in [3.05, 3.63) is 96.5 Å². The molecule has 0 fully saturated rings. The van der Waals surface area contributed by atoms with Gasteiger partial charge in [0.15, 0.2) is 0 Å². The summed E-state index contributed by atoms with van der Waals surface area (Å²) in [5.41, 5.74) is 9.99. The van der Waals surface area contributed by atoms with Crippen molar-refractivity contribution in [2.75, 3.05) is 5.75 Å². The molecule has 5 aromatic heterocycles. The second-order valence-electron chi connectivity index (χ2n) is 11.9. The van der Waals surface area contributed by atoms with Crippen LogP contribution >= 0.6 is 58.6 Å². The Hall–Kier alpha value is -3.70. The first-order valence-electron chi connectivity index (χ1n) is 16.6. The minimum atomic E-state index is 0.701. The Bertz CT molecular complexity index is 2340. The summed E-state index contributed by atoms with van der Waals surface area (Å²) in [5.74, 6) is 7.63. The molecule has 2 aliphatic rings. The zero-order valence-corrected chi connectivity index (χ0v) is 31.9. The van der Waals surface area contributed by atoms with E-state index in [9.17, 15) is 5.26 Å². The number of thiol groups is 1. The van der Waals surface area contributed by atoms with Gasteiger partial charge in [-0.3, -0.25) is 0 Å². The molecule has 0 spiro atoms. The Kier molecular flexibility index (Phi) is 10.4. The highest BCUT2D eigenvalue weighted by atomic mass is 32.2. The largest absolute Gasteiger partial charge is 0.340 e. The third-order valence-electron chi connectivity index (χ3n) is 8.68. The van der Waals surface area contributed by atoms with Crippen LogP contribution in [-0.4, -0.2) is 20.6 Å². The Morgan fingerprint density at radius 2 is 1.65 bits per heavy atom. The van der Waals surface area contributed by atoms with Gasteiger partial charge in [0.2, 0.25) is 0 Å². The van der Waals surface area contributed by atoms with Crippen molar-refractivity contribution >= 4 is 114 Å². The van der Waals surface area contributed by atoms with Crippen LogP contribution in [0.2, 0.25) is 0 Å². The predicted molar refractivity (Wildman–Crippen MR) is 222 cm³/mol. The first-order valence-corrected chi connectivity index (χ1v) is 20.5. The molecular weight excluding hydrogens is 697 g/mol. The van der Waals surface area contributed by atoms with E-state index in [1.807, 2.05) is 53.6 Å². The lowest BCUT2D eigenvalue weighted by Gasteiger charge is -2.15. The van der Waals surface area contributed by atoms with Crippen molar-refractivity contribution in [3.8, 4) is 17.9 Å². The molecule has 0 radical (unpaired) electrons. The molecule has 1 aliphatic heterocycles. The molecule has 0 bridgehead atoms. The first kappa shape index (κ1) is 33.8. The van der Waals surface area contributed by atoms with Crippen LogP contribution in [-0.2, 0) is 13.1 Å². The summed E-state index contributed by atoms with van der Waals surface area (Å²) in [4.78, 5) is 4.77. The van der Waals surface area contributed by atoms with Crippen molar-refractivity contribution in [1.82, 2.24) is 9.13 Å². The van der Waals surface area contributed by atoms with E-state index in [-0.39, 0.29) is 0 Å². The molecule has 0 saturated heterocycles. The van der Waals surface area contributed by atoms with Crippen LogP contribution in [0.5, 0.6) is 0 Å². The molecule has 49 heavy (non-hydrogen) atoms. The number of allylic oxidation sites excluding steroid dienone is 7. The number of thioether (sulfide) groups is 1. The number of nitrogens with zero attached hydrogens (tertiary/aromatic N) is 4. The Morgan fingerprint density at radius 3 is 2.24 bits per heavy atom. The maximum Gasteiger partial charge on any atom is 0.101 e. The van der Waals surface area contributed by atoms with Crippen LogP contribution in [0.15, 0.2) is 74.9 Å². The molecule has 4 nitrogen and oxygen atoms in total. The molecule has 0 amide bonds. The van der Waals surface area contributed by atoms with Crippen LogP contribution in [0.4, 0.5) is 0 Å². The molecular formula is C40H36N4S5. The summed E-state index contributed by atoms with van der Waals surface area (Å²) in [6.45, 7) is 8.21. The molecule has 0 saturated carbocycles. The van der Waals surface area contributed by atoms with Crippen LogP contribution in [0.3, 0.4) is 0 Å². The van der Waals surface area contributed by atoms with Crippen LogP contribution in [0, 0.1) is 23.2 Å². The zero-order chi connectivity index (χ0) is 33.9. The molecule has 7 rings (SSSR count). The lowest BCUT2D eigenvalue weighted by Crippen LogP contribution is -2.05. The van der Waals surface area contributed by atoms with Gasteiger partial charge in [-0.2, -0.15) is 5.26 Å². The first-order chi connectivity index (χ1) is 24.0. The average molecular weight is 733 g/mol. The molecule has 1 aliphatic carbocycles. The van der Waals surface area contributed by atoms with Crippen LogP contribution in [0.1, 0.15) is 72.5 Å². The number of hydrogen-bond acceptors (Lipinski definition) is 7. The monoisotopic (exact) mass is 732 g/mol. The van der Waals surface area contributed by atoms with E-state index >= 15 is 0 Å². The number of aryl methyl sites for hydroxylation is 2. The minimum Gasteiger partial charge on any atom is -0.340 e. The molecule has 5 aromatic rings. The summed E-state index contributed by atoms with van der Waals surface area (Å²) >= 11 is 11.6. The van der Waals surface area contributed by atoms with Gasteiger partial charge in [0.05, 0.1) is 31.7 Å². The highest BCUT2D eigenvalue weighted by Crippen LogP contribution is 2.42. The van der Waals surface area contributed by atoms with E-state index in [1.54, 1.807) is 22.7 Å². The van der Waals surface area contributed by atoms with Crippen LogP contribution in [0.25, 0.3) is 49.3 Å². The SMILES string of the molecule is CC#C/C(=C\c1cc2sc(C3=CC=C(c4cc5c(cc(/C=C(\C#N)c6cccs6)n5CCC)s4)C(=NS)C3)cc2n1CCC)C1=CCCS1. The van der Waals surface area contributed by atoms with Gasteiger partial charge in [-0.1, -0.05) is 44.1 Å². The zero-order valence-electron chi connectivity index (χ0n) is 27.7. The van der Waals surface area contributed by atoms with Crippen molar-refractivity contribution in [1.29, 1.82) is 5.26 Å². The highest BCUT2D eigenvalue weighted by molar-refractivity contribution is 8.03. The molecule has 0 unspecified atom stereocenters. The number of rotatable bonds is 10. The quantitative estimate of drug-likeness (QED) is 0.0883. The van der Waals surface area contributed by atoms with Crippen molar-refractivity contribution in [2.45, 2.75) is 59.5 Å². The molecule has 6 heterocycles. The Labute approximate surface area is 310 Å². The van der Waals surface area contributed by atoms with Crippen molar-refractivity contribution in [3.63, 3.8) is 0 Å². The lowest BCUT2D eigenvalue weighted by atomic mass is 9.94. The average Bonchev–Trinajstić information content (AvgIpc) is 3.96. The second kappa shape index (κ2) is 15.0. The van der Waals surface area contributed by atoms with Gasteiger partial charge in [0.25, 0.3) is 0 Å². The normalized spacial score (nSPS) is 16.2. The standard InChI is InChI=1S/C40H36N4S5/c1-4-9-26(35-10-7-16-46-35)18-29-21-39-33(43(29)14-5-2)23-37(48-39)27-12-13-31(32(20-27)42-45)38-24-34-40(49-38)22-30(44(34)15-6-3)19-28(25-41)36-11-8-17-47-36/h8,10-13,17-19,21-24,45H,5-7,14-16,20H2,1-3H3/b26-18+,28-19+,42-32?. The number of thiophene rings is 3. The lowest BCUT2D eigenvalue weighted by molar-refractivity contribution is 0.698. The van der Waals surface area contributed by atoms with E-state index in [0.717, 1.165) is 72.0 Å². The van der Waals surface area contributed by atoms with E-state index in [0.29, 0.717) is 5.57 Å². The fourth-order valence-electron chi connectivity index (χ4n) is 6.49. The number of fused-ring (bicyclic) bond motifs is 2. The third kappa shape index (κ3) is 6.76. The maximum atomic E-state index is 9.88. The predicted octanol–water partition coefficient (Wildman–Crippen LogP) is 12.2. The molecule has 9 heteroatoms. The third-order valence-corrected chi connectivity index (χ3v) is 13.2. The van der Waals surface area contributed by atoms with Gasteiger partial charge in [0, 0.05) is 67.3 Å². The molecule has 0 atom stereocenters. The Morgan fingerprint density at radius 1 is 0.959 bits per heavy atom. The molecule has 0 N–H and O–H groups in total. The summed E-state index contributed by atoms with van der Waals surface area (Å²) in [6, 6.07) is 15.6. The number of aromatic nitrogens is 2. The smallest absolute Gasteiger partial charge is 0.101 e. The van der Waals surface area contributed by atoms with E-state index in [4.69, 9.17) is 0 Å². The van der Waals surface area contributed by atoms with Gasteiger partial charge < -0.3 is 9.13 Å². The van der Waals surface area contributed by atoms with Gasteiger partial charge in [-0.25, -0.2) is 4.40 Å². The van der Waals surface area contributed by atoms with Gasteiger partial charge in [-0.05, 0) is 92.4 Å². The Balaban J connectivity index is 1.22.